The zero-order valence-electron chi connectivity index (χ0n) is 9.68. The second-order valence-corrected chi connectivity index (χ2v) is 4.17. The Morgan fingerprint density at radius 3 is 3.06 bits per heavy atom. The highest BCUT2D eigenvalue weighted by Crippen LogP contribution is 2.20. The summed E-state index contributed by atoms with van der Waals surface area (Å²) in [5.41, 5.74) is 2.56. The van der Waals surface area contributed by atoms with Gasteiger partial charge in [-0.3, -0.25) is 0 Å². The largest absolute Gasteiger partial charge is 0.375 e. The van der Waals surface area contributed by atoms with Gasteiger partial charge in [0.2, 0.25) is 0 Å². The first-order chi connectivity index (χ1) is 7.70. The third-order valence-corrected chi connectivity index (χ3v) is 2.78. The minimum atomic E-state index is 0.243. The molecular formula is C11H18N4O. The van der Waals surface area contributed by atoms with Crippen LogP contribution in [0.3, 0.4) is 0 Å². The van der Waals surface area contributed by atoms with Gasteiger partial charge in [-0.05, 0) is 26.0 Å². The van der Waals surface area contributed by atoms with Crippen LogP contribution in [0.25, 0.3) is 0 Å². The summed E-state index contributed by atoms with van der Waals surface area (Å²) >= 11 is 0. The number of nitrogens with one attached hydrogen (secondary N) is 1. The van der Waals surface area contributed by atoms with Crippen LogP contribution in [0.15, 0.2) is 18.2 Å². The monoisotopic (exact) mass is 222 g/mol. The van der Waals surface area contributed by atoms with E-state index >= 15 is 0 Å². The molecule has 88 valence electrons. The average molecular weight is 222 g/mol. The van der Waals surface area contributed by atoms with Crippen molar-refractivity contribution in [3.63, 3.8) is 0 Å². The first-order valence-corrected chi connectivity index (χ1v) is 5.52. The van der Waals surface area contributed by atoms with Crippen LogP contribution in [0.1, 0.15) is 13.8 Å². The van der Waals surface area contributed by atoms with Crippen molar-refractivity contribution in [1.82, 2.24) is 4.98 Å². The average Bonchev–Trinajstić information content (AvgIpc) is 2.32. The summed E-state index contributed by atoms with van der Waals surface area (Å²) < 4.78 is 5.59. The molecule has 2 rings (SSSR count). The molecule has 0 spiro atoms. The normalized spacial score (nSPS) is 25.6. The van der Waals surface area contributed by atoms with Crippen molar-refractivity contribution in [2.75, 3.05) is 23.5 Å². The van der Waals surface area contributed by atoms with Crippen molar-refractivity contribution in [3.05, 3.63) is 18.2 Å². The van der Waals surface area contributed by atoms with E-state index in [1.165, 1.54) is 0 Å². The summed E-state index contributed by atoms with van der Waals surface area (Å²) in [5.74, 6) is 6.98. The Morgan fingerprint density at radius 1 is 1.50 bits per heavy atom. The van der Waals surface area contributed by atoms with Gasteiger partial charge < -0.3 is 15.1 Å². The molecular weight excluding hydrogens is 204 g/mol. The van der Waals surface area contributed by atoms with Gasteiger partial charge in [-0.1, -0.05) is 6.07 Å². The van der Waals surface area contributed by atoms with Crippen molar-refractivity contribution in [3.8, 4) is 0 Å². The maximum absolute atomic E-state index is 5.59. The van der Waals surface area contributed by atoms with E-state index in [0.717, 1.165) is 19.0 Å². The molecule has 2 atom stereocenters. The fourth-order valence-electron chi connectivity index (χ4n) is 1.89. The molecule has 1 saturated heterocycles. The van der Waals surface area contributed by atoms with Crippen LogP contribution >= 0.6 is 0 Å². The molecule has 0 aliphatic carbocycles. The molecule has 1 fully saturated rings. The Hall–Kier alpha value is -1.33. The van der Waals surface area contributed by atoms with Crippen molar-refractivity contribution < 1.29 is 4.74 Å². The number of hydrogen-bond acceptors (Lipinski definition) is 5. The Kier molecular flexibility index (Phi) is 3.26. The third-order valence-electron chi connectivity index (χ3n) is 2.78. The first-order valence-electron chi connectivity index (χ1n) is 5.52. The van der Waals surface area contributed by atoms with Gasteiger partial charge in [0.25, 0.3) is 0 Å². The van der Waals surface area contributed by atoms with Crippen molar-refractivity contribution in [2.24, 2.45) is 5.84 Å². The number of nitrogen functional groups attached to an aromatic ring is 1. The van der Waals surface area contributed by atoms with Crippen LogP contribution in [-0.4, -0.2) is 30.3 Å². The number of pyridine rings is 1. The Bertz CT molecular complexity index is 358. The number of anilines is 2. The highest BCUT2D eigenvalue weighted by atomic mass is 16.5. The van der Waals surface area contributed by atoms with Crippen LogP contribution in [0.4, 0.5) is 11.6 Å². The van der Waals surface area contributed by atoms with E-state index in [0.29, 0.717) is 11.9 Å². The van der Waals surface area contributed by atoms with Gasteiger partial charge >= 0.3 is 0 Å². The van der Waals surface area contributed by atoms with Gasteiger partial charge in [-0.25, -0.2) is 10.8 Å². The number of nitrogens with two attached hydrogens (primary N) is 1. The number of hydrazine groups is 1. The maximum atomic E-state index is 5.59. The lowest BCUT2D eigenvalue weighted by molar-refractivity contribution is 0.0340. The van der Waals surface area contributed by atoms with Crippen LogP contribution in [0, 0.1) is 0 Å². The van der Waals surface area contributed by atoms with Gasteiger partial charge in [0, 0.05) is 6.54 Å². The second-order valence-electron chi connectivity index (χ2n) is 4.17. The van der Waals surface area contributed by atoms with Crippen LogP contribution in [0.5, 0.6) is 0 Å². The van der Waals surface area contributed by atoms with Crippen LogP contribution in [-0.2, 0) is 4.74 Å². The van der Waals surface area contributed by atoms with Crippen molar-refractivity contribution in [2.45, 2.75) is 26.0 Å². The number of hydrogen-bond donors (Lipinski definition) is 2. The first kappa shape index (κ1) is 11.2. The zero-order valence-corrected chi connectivity index (χ0v) is 9.68. The van der Waals surface area contributed by atoms with E-state index in [-0.39, 0.29) is 6.10 Å². The molecule has 16 heavy (non-hydrogen) atoms. The lowest BCUT2D eigenvalue weighted by atomic mass is 10.2. The van der Waals surface area contributed by atoms with Crippen LogP contribution < -0.4 is 16.2 Å². The lowest BCUT2D eigenvalue weighted by Crippen LogP contribution is -2.47. The van der Waals surface area contributed by atoms with Gasteiger partial charge in [-0.2, -0.15) is 0 Å². The number of rotatable bonds is 2. The zero-order chi connectivity index (χ0) is 11.5. The molecule has 0 amide bonds. The van der Waals surface area contributed by atoms with Gasteiger partial charge in [-0.15, -0.1) is 0 Å². The van der Waals surface area contributed by atoms with Gasteiger partial charge in [0.1, 0.15) is 11.6 Å². The minimum Gasteiger partial charge on any atom is -0.375 e. The molecule has 0 radical (unpaired) electrons. The molecule has 1 aliphatic rings. The molecule has 0 saturated carbocycles. The predicted octanol–water partition coefficient (Wildman–Crippen LogP) is 0.981. The Morgan fingerprint density at radius 2 is 2.31 bits per heavy atom. The van der Waals surface area contributed by atoms with Crippen LogP contribution in [0.2, 0.25) is 0 Å². The molecule has 0 aromatic carbocycles. The molecule has 3 N–H and O–H groups in total. The van der Waals surface area contributed by atoms with Gasteiger partial charge in [0.05, 0.1) is 18.8 Å². The Labute approximate surface area is 95.6 Å². The molecule has 0 bridgehead atoms. The van der Waals surface area contributed by atoms with E-state index in [1.807, 2.05) is 18.2 Å². The molecule has 1 aromatic heterocycles. The fourth-order valence-corrected chi connectivity index (χ4v) is 1.89. The number of morpholine rings is 1. The topological polar surface area (TPSA) is 63.4 Å². The molecule has 2 heterocycles. The number of aromatic nitrogens is 1. The van der Waals surface area contributed by atoms with Crippen molar-refractivity contribution >= 4 is 11.6 Å². The van der Waals surface area contributed by atoms with E-state index in [2.05, 4.69) is 29.2 Å². The maximum Gasteiger partial charge on any atom is 0.142 e. The van der Waals surface area contributed by atoms with Crippen molar-refractivity contribution in [1.29, 1.82) is 0 Å². The highest BCUT2D eigenvalue weighted by Gasteiger charge is 2.24. The summed E-state index contributed by atoms with van der Waals surface area (Å²) in [6.45, 7) is 5.81. The predicted molar refractivity (Wildman–Crippen MR) is 64.3 cm³/mol. The quantitative estimate of drug-likeness (QED) is 0.577. The molecule has 1 aliphatic heterocycles. The molecule has 5 heteroatoms. The minimum absolute atomic E-state index is 0.243. The molecule has 5 nitrogen and oxygen atoms in total. The van der Waals surface area contributed by atoms with E-state index < -0.39 is 0 Å². The summed E-state index contributed by atoms with van der Waals surface area (Å²) in [6.07, 6.45) is 0.243. The standard InChI is InChI=1S/C11H18N4O/c1-8-7-16-9(2)6-15(8)11-5-3-4-10(13-11)14-12/h3-5,8-9H,6-7,12H2,1-2H3,(H,13,14). The molecule has 1 aromatic rings. The number of nitrogens with zero attached hydrogens (tertiary/aromatic N) is 2. The Balaban J connectivity index is 2.20. The lowest BCUT2D eigenvalue weighted by Gasteiger charge is -2.37. The summed E-state index contributed by atoms with van der Waals surface area (Å²) in [7, 11) is 0. The smallest absolute Gasteiger partial charge is 0.142 e. The van der Waals surface area contributed by atoms with E-state index in [4.69, 9.17) is 10.6 Å². The van der Waals surface area contributed by atoms with E-state index in [1.54, 1.807) is 0 Å². The summed E-state index contributed by atoms with van der Waals surface area (Å²) in [5, 5.41) is 0. The summed E-state index contributed by atoms with van der Waals surface area (Å²) in [6, 6.07) is 6.13. The summed E-state index contributed by atoms with van der Waals surface area (Å²) in [4.78, 5) is 6.68. The second kappa shape index (κ2) is 4.67. The molecule has 2 unspecified atom stereocenters. The number of ether oxygens (including phenoxy) is 1. The SMILES string of the molecule is CC1CN(c2cccc(NN)n2)C(C)CO1. The van der Waals surface area contributed by atoms with E-state index in [9.17, 15) is 0 Å². The van der Waals surface area contributed by atoms with Gasteiger partial charge in [0.15, 0.2) is 0 Å². The highest BCUT2D eigenvalue weighted by molar-refractivity contribution is 5.47. The fraction of sp³-hybridized carbons (Fsp3) is 0.545. The third kappa shape index (κ3) is 2.25.